The minimum atomic E-state index is -0.112. The van der Waals surface area contributed by atoms with Crippen LogP contribution in [0.15, 0.2) is 23.7 Å². The van der Waals surface area contributed by atoms with Crippen molar-refractivity contribution in [2.45, 2.75) is 32.7 Å². The normalized spacial score (nSPS) is 12.2. The third-order valence-corrected chi connectivity index (χ3v) is 4.08. The van der Waals surface area contributed by atoms with Crippen LogP contribution in [0.2, 0.25) is 0 Å². The highest BCUT2D eigenvalue weighted by Crippen LogP contribution is 2.19. The van der Waals surface area contributed by atoms with Crippen LogP contribution in [0, 0.1) is 0 Å². The molecule has 0 aromatic carbocycles. The minimum Gasteiger partial charge on any atom is -0.373 e. The second-order valence-electron chi connectivity index (χ2n) is 5.14. The monoisotopic (exact) mass is 304 g/mol. The lowest BCUT2D eigenvalue weighted by Crippen LogP contribution is -2.27. The Morgan fingerprint density at radius 1 is 1.29 bits per heavy atom. The van der Waals surface area contributed by atoms with Crippen molar-refractivity contribution in [3.8, 4) is 0 Å². The van der Waals surface area contributed by atoms with Crippen LogP contribution in [0.5, 0.6) is 0 Å². The van der Waals surface area contributed by atoms with Crippen molar-refractivity contribution in [1.82, 2.24) is 15.3 Å². The maximum Gasteiger partial charge on any atom is 0.252 e. The number of anilines is 1. The van der Waals surface area contributed by atoms with Crippen molar-refractivity contribution in [1.29, 1.82) is 0 Å². The highest BCUT2D eigenvalue weighted by Gasteiger charge is 2.15. The second-order valence-corrected chi connectivity index (χ2v) is 6.06. The molecule has 2 rings (SSSR count). The van der Waals surface area contributed by atoms with Crippen LogP contribution >= 0.6 is 11.3 Å². The lowest BCUT2D eigenvalue weighted by Gasteiger charge is -2.14. The summed E-state index contributed by atoms with van der Waals surface area (Å²) in [5.41, 5.74) is 1.51. The molecule has 0 radical (unpaired) electrons. The third kappa shape index (κ3) is 3.78. The van der Waals surface area contributed by atoms with E-state index >= 15 is 0 Å². The third-order valence-electron chi connectivity index (χ3n) is 3.12. The van der Waals surface area contributed by atoms with E-state index in [1.807, 2.05) is 18.4 Å². The Morgan fingerprint density at radius 3 is 2.62 bits per heavy atom. The molecule has 0 saturated carbocycles. The van der Waals surface area contributed by atoms with Crippen molar-refractivity contribution in [3.05, 3.63) is 40.0 Å². The fourth-order valence-corrected chi connectivity index (χ4v) is 2.54. The molecule has 2 N–H and O–H groups in total. The molecule has 21 heavy (non-hydrogen) atoms. The molecule has 5 nitrogen and oxygen atoms in total. The molecule has 6 heteroatoms. The van der Waals surface area contributed by atoms with Crippen LogP contribution in [0.25, 0.3) is 0 Å². The summed E-state index contributed by atoms with van der Waals surface area (Å²) in [5, 5.41) is 8.77. The average Bonchev–Trinajstić information content (AvgIpc) is 3.00. The molecule has 2 heterocycles. The highest BCUT2D eigenvalue weighted by atomic mass is 32.1. The van der Waals surface area contributed by atoms with Crippen LogP contribution < -0.4 is 10.6 Å². The smallest absolute Gasteiger partial charge is 0.252 e. The summed E-state index contributed by atoms with van der Waals surface area (Å²) in [5.74, 6) is 0.855. The van der Waals surface area contributed by atoms with Gasteiger partial charge in [0.05, 0.1) is 6.04 Å². The number of thiazole rings is 1. The van der Waals surface area contributed by atoms with E-state index in [0.717, 1.165) is 10.7 Å². The molecular formula is C15H20N4OS. The van der Waals surface area contributed by atoms with Crippen molar-refractivity contribution < 1.29 is 4.79 Å². The molecule has 112 valence electrons. The number of nitrogens with one attached hydrogen (secondary N) is 2. The Morgan fingerprint density at radius 2 is 2.05 bits per heavy atom. The number of rotatable bonds is 5. The van der Waals surface area contributed by atoms with Gasteiger partial charge in [0.25, 0.3) is 5.91 Å². The van der Waals surface area contributed by atoms with Gasteiger partial charge in [0.2, 0.25) is 0 Å². The quantitative estimate of drug-likeness (QED) is 0.890. The summed E-state index contributed by atoms with van der Waals surface area (Å²) in [7, 11) is 1.80. The Balaban J connectivity index is 2.20. The maximum atomic E-state index is 12.4. The number of carbonyl (C=O) groups excluding carboxylic acids is 1. The summed E-state index contributed by atoms with van der Waals surface area (Å²) in [6, 6.07) is 3.50. The van der Waals surface area contributed by atoms with Gasteiger partial charge in [0, 0.05) is 29.9 Å². The number of amides is 1. The van der Waals surface area contributed by atoms with Crippen LogP contribution in [0.3, 0.4) is 0 Å². The number of hydrogen-bond donors (Lipinski definition) is 2. The zero-order chi connectivity index (χ0) is 15.4. The molecule has 0 aliphatic heterocycles. The van der Waals surface area contributed by atoms with Gasteiger partial charge >= 0.3 is 0 Å². The summed E-state index contributed by atoms with van der Waals surface area (Å²) in [6.45, 7) is 6.05. The summed E-state index contributed by atoms with van der Waals surface area (Å²) in [6.07, 6.45) is 1.74. The van der Waals surface area contributed by atoms with Crippen molar-refractivity contribution in [3.63, 3.8) is 0 Å². The predicted octanol–water partition coefficient (Wildman–Crippen LogP) is 3.19. The minimum absolute atomic E-state index is 0.105. The van der Waals surface area contributed by atoms with Gasteiger partial charge in [-0.1, -0.05) is 13.8 Å². The van der Waals surface area contributed by atoms with Gasteiger partial charge in [-0.25, -0.2) is 9.97 Å². The zero-order valence-corrected chi connectivity index (χ0v) is 13.5. The van der Waals surface area contributed by atoms with E-state index in [1.54, 1.807) is 19.3 Å². The van der Waals surface area contributed by atoms with Gasteiger partial charge in [-0.3, -0.25) is 4.79 Å². The van der Waals surface area contributed by atoms with Gasteiger partial charge in [-0.05, 0) is 25.0 Å². The molecule has 1 amide bonds. The number of pyridine rings is 1. The molecule has 2 aromatic heterocycles. The number of aromatic nitrogens is 2. The molecule has 2 aromatic rings. The highest BCUT2D eigenvalue weighted by molar-refractivity contribution is 7.09. The van der Waals surface area contributed by atoms with E-state index in [0.29, 0.717) is 11.4 Å². The largest absolute Gasteiger partial charge is 0.373 e. The first-order valence-corrected chi connectivity index (χ1v) is 7.79. The SMILES string of the molecule is CNc1cc(C(=O)NC(C)c2nccs2)cc(C(C)C)n1. The molecule has 1 unspecified atom stereocenters. The topological polar surface area (TPSA) is 66.9 Å². The van der Waals surface area contributed by atoms with Crippen molar-refractivity contribution >= 4 is 23.1 Å². The van der Waals surface area contributed by atoms with Crippen molar-refractivity contribution in [2.24, 2.45) is 0 Å². The van der Waals surface area contributed by atoms with E-state index < -0.39 is 0 Å². The lowest BCUT2D eigenvalue weighted by molar-refractivity contribution is 0.0939. The predicted molar refractivity (Wildman–Crippen MR) is 85.9 cm³/mol. The Bertz CT molecular complexity index is 610. The van der Waals surface area contributed by atoms with E-state index in [1.165, 1.54) is 11.3 Å². The number of hydrogen-bond acceptors (Lipinski definition) is 5. The van der Waals surface area contributed by atoms with E-state index in [-0.39, 0.29) is 17.9 Å². The van der Waals surface area contributed by atoms with Gasteiger partial charge in [-0.2, -0.15) is 0 Å². The molecule has 0 saturated heterocycles. The van der Waals surface area contributed by atoms with E-state index in [9.17, 15) is 4.79 Å². The average molecular weight is 304 g/mol. The van der Waals surface area contributed by atoms with Gasteiger partial charge in [-0.15, -0.1) is 11.3 Å². The number of nitrogens with zero attached hydrogens (tertiary/aromatic N) is 2. The fourth-order valence-electron chi connectivity index (χ4n) is 1.90. The van der Waals surface area contributed by atoms with Crippen LogP contribution in [-0.4, -0.2) is 22.9 Å². The first-order chi connectivity index (χ1) is 10.0. The lowest BCUT2D eigenvalue weighted by atomic mass is 10.1. The van der Waals surface area contributed by atoms with E-state index in [4.69, 9.17) is 0 Å². The summed E-state index contributed by atoms with van der Waals surface area (Å²) < 4.78 is 0. The zero-order valence-electron chi connectivity index (χ0n) is 12.7. The van der Waals surface area contributed by atoms with Crippen LogP contribution in [-0.2, 0) is 0 Å². The molecular weight excluding hydrogens is 284 g/mol. The molecule has 0 spiro atoms. The Kier molecular flexibility index (Phi) is 4.90. The maximum absolute atomic E-state index is 12.4. The molecule has 0 aliphatic rings. The van der Waals surface area contributed by atoms with Gasteiger partial charge in [0.15, 0.2) is 0 Å². The van der Waals surface area contributed by atoms with E-state index in [2.05, 4.69) is 34.4 Å². The van der Waals surface area contributed by atoms with Crippen LogP contribution in [0.4, 0.5) is 5.82 Å². The molecule has 0 fully saturated rings. The fraction of sp³-hybridized carbons (Fsp3) is 0.400. The Labute approximate surface area is 128 Å². The van der Waals surface area contributed by atoms with Crippen molar-refractivity contribution in [2.75, 3.05) is 12.4 Å². The first kappa shape index (κ1) is 15.4. The van der Waals surface area contributed by atoms with Gasteiger partial charge < -0.3 is 10.6 Å². The summed E-state index contributed by atoms with van der Waals surface area (Å²) >= 11 is 1.53. The summed E-state index contributed by atoms with van der Waals surface area (Å²) in [4.78, 5) is 21.1. The number of carbonyl (C=O) groups is 1. The van der Waals surface area contributed by atoms with Gasteiger partial charge in [0.1, 0.15) is 10.8 Å². The second kappa shape index (κ2) is 6.67. The molecule has 1 atom stereocenters. The van der Waals surface area contributed by atoms with Crippen LogP contribution in [0.1, 0.15) is 53.8 Å². The first-order valence-electron chi connectivity index (χ1n) is 6.91. The molecule has 0 aliphatic carbocycles. The molecule has 0 bridgehead atoms. The standard InChI is InChI=1S/C15H20N4OS/c1-9(2)12-7-11(8-13(16-4)19-12)14(20)18-10(3)15-17-5-6-21-15/h5-10H,1-4H3,(H,16,19)(H,18,20). The Hall–Kier alpha value is -1.95.